The van der Waals surface area contributed by atoms with Crippen LogP contribution in [-0.2, 0) is 4.74 Å². The Bertz CT molecular complexity index is 660. The second-order valence-corrected chi connectivity index (χ2v) is 7.61. The fourth-order valence-electron chi connectivity index (χ4n) is 3.59. The average Bonchev–Trinajstić information content (AvgIpc) is 2.41. The van der Waals surface area contributed by atoms with Gasteiger partial charge in [0.25, 0.3) is 0 Å². The lowest BCUT2D eigenvalue weighted by molar-refractivity contribution is 0.0600. The molecule has 0 radical (unpaired) electrons. The van der Waals surface area contributed by atoms with Crippen molar-refractivity contribution in [3.8, 4) is 0 Å². The summed E-state index contributed by atoms with van der Waals surface area (Å²) in [6.45, 7) is 15.4. The van der Waals surface area contributed by atoms with Gasteiger partial charge in [-0.25, -0.2) is 4.79 Å². The molecular formula is C20H26O2. The van der Waals surface area contributed by atoms with E-state index in [0.717, 1.165) is 17.5 Å². The molecule has 2 heteroatoms. The number of methoxy groups -OCH3 is 1. The van der Waals surface area contributed by atoms with Gasteiger partial charge in [0.1, 0.15) is 0 Å². The Labute approximate surface area is 133 Å². The molecule has 0 atom stereocenters. The molecule has 0 saturated heterocycles. The third kappa shape index (κ3) is 3.01. The number of esters is 1. The second-order valence-electron chi connectivity index (χ2n) is 7.61. The number of allylic oxidation sites excluding steroid dienone is 3. The molecule has 1 aromatic carbocycles. The summed E-state index contributed by atoms with van der Waals surface area (Å²) in [6, 6.07) is 5.73. The van der Waals surface area contributed by atoms with Crippen molar-refractivity contribution in [2.45, 2.75) is 41.0 Å². The molecule has 2 rings (SSSR count). The first-order valence-corrected chi connectivity index (χ1v) is 7.69. The van der Waals surface area contributed by atoms with Crippen molar-refractivity contribution in [3.05, 3.63) is 53.1 Å². The molecule has 1 aliphatic rings. The van der Waals surface area contributed by atoms with Crippen LogP contribution in [0.15, 0.2) is 36.4 Å². The monoisotopic (exact) mass is 298 g/mol. The van der Waals surface area contributed by atoms with Crippen LogP contribution in [0.4, 0.5) is 0 Å². The van der Waals surface area contributed by atoms with Gasteiger partial charge in [-0.1, -0.05) is 46.4 Å². The van der Waals surface area contributed by atoms with Crippen LogP contribution < -0.4 is 0 Å². The normalized spacial score (nSPS) is 19.5. The third-order valence-electron chi connectivity index (χ3n) is 4.51. The van der Waals surface area contributed by atoms with Gasteiger partial charge < -0.3 is 4.74 Å². The molecule has 0 spiro atoms. The highest BCUT2D eigenvalue weighted by molar-refractivity contribution is 5.91. The zero-order chi connectivity index (χ0) is 16.7. The Morgan fingerprint density at radius 2 is 1.86 bits per heavy atom. The van der Waals surface area contributed by atoms with Gasteiger partial charge in [0.05, 0.1) is 12.7 Å². The zero-order valence-electron chi connectivity index (χ0n) is 14.5. The molecule has 1 aromatic rings. The van der Waals surface area contributed by atoms with Crippen molar-refractivity contribution < 1.29 is 9.53 Å². The van der Waals surface area contributed by atoms with Crippen molar-refractivity contribution in [3.63, 3.8) is 0 Å². The molecule has 0 N–H and O–H groups in total. The molecule has 0 heterocycles. The highest BCUT2D eigenvalue weighted by Crippen LogP contribution is 2.50. The van der Waals surface area contributed by atoms with Gasteiger partial charge >= 0.3 is 5.97 Å². The quantitative estimate of drug-likeness (QED) is 0.703. The van der Waals surface area contributed by atoms with Gasteiger partial charge in [-0.3, -0.25) is 0 Å². The van der Waals surface area contributed by atoms with Gasteiger partial charge in [0, 0.05) is 0 Å². The number of aryl methyl sites for hydroxylation is 1. The number of benzene rings is 1. The van der Waals surface area contributed by atoms with Crippen molar-refractivity contribution in [1.29, 1.82) is 0 Å². The Morgan fingerprint density at radius 1 is 1.23 bits per heavy atom. The summed E-state index contributed by atoms with van der Waals surface area (Å²) in [5.41, 5.74) is 5.39. The Balaban J connectivity index is 2.53. The molecule has 0 aromatic heterocycles. The zero-order valence-corrected chi connectivity index (χ0v) is 14.5. The molecular weight excluding hydrogens is 272 g/mol. The minimum atomic E-state index is -0.299. The summed E-state index contributed by atoms with van der Waals surface area (Å²) >= 11 is 0. The van der Waals surface area contributed by atoms with Crippen LogP contribution in [-0.4, -0.2) is 13.1 Å². The fourth-order valence-corrected chi connectivity index (χ4v) is 3.59. The summed E-state index contributed by atoms with van der Waals surface area (Å²) in [5, 5.41) is 0. The van der Waals surface area contributed by atoms with Gasteiger partial charge in [-0.2, -0.15) is 0 Å². The number of hydrogen-bond donors (Lipinski definition) is 0. The number of carbonyl (C=O) groups is 1. The third-order valence-corrected chi connectivity index (χ3v) is 4.51. The Hall–Kier alpha value is -1.83. The van der Waals surface area contributed by atoms with Gasteiger partial charge in [0.2, 0.25) is 0 Å². The van der Waals surface area contributed by atoms with E-state index in [1.807, 2.05) is 25.1 Å². The number of rotatable bonds is 2. The van der Waals surface area contributed by atoms with Crippen LogP contribution in [0.1, 0.15) is 55.6 Å². The van der Waals surface area contributed by atoms with E-state index in [4.69, 9.17) is 4.74 Å². The van der Waals surface area contributed by atoms with E-state index in [0.29, 0.717) is 5.56 Å². The van der Waals surface area contributed by atoms with E-state index in [1.165, 1.54) is 18.3 Å². The molecule has 22 heavy (non-hydrogen) atoms. The summed E-state index contributed by atoms with van der Waals surface area (Å²) < 4.78 is 4.79. The summed E-state index contributed by atoms with van der Waals surface area (Å²) in [7, 11) is 1.40. The SMILES string of the molecule is C=C1C(c2ccc(C(=O)OC)cc2C)=CC(C)(C)CC1(C)C. The number of hydrogen-bond acceptors (Lipinski definition) is 2. The van der Waals surface area contributed by atoms with Crippen molar-refractivity contribution in [1.82, 2.24) is 0 Å². The number of carbonyl (C=O) groups excluding carboxylic acids is 1. The van der Waals surface area contributed by atoms with Crippen molar-refractivity contribution in [2.75, 3.05) is 7.11 Å². The highest BCUT2D eigenvalue weighted by atomic mass is 16.5. The molecule has 1 aliphatic carbocycles. The first kappa shape index (κ1) is 16.5. The minimum absolute atomic E-state index is 0.0705. The number of ether oxygens (including phenoxy) is 1. The lowest BCUT2D eigenvalue weighted by Gasteiger charge is -2.41. The van der Waals surface area contributed by atoms with E-state index in [-0.39, 0.29) is 16.8 Å². The summed E-state index contributed by atoms with van der Waals surface area (Å²) in [4.78, 5) is 11.7. The second kappa shape index (κ2) is 5.42. The summed E-state index contributed by atoms with van der Waals surface area (Å²) in [6.07, 6.45) is 3.41. The highest BCUT2D eigenvalue weighted by Gasteiger charge is 2.36. The van der Waals surface area contributed by atoms with E-state index < -0.39 is 0 Å². The summed E-state index contributed by atoms with van der Waals surface area (Å²) in [5.74, 6) is -0.299. The van der Waals surface area contributed by atoms with Gasteiger partial charge in [-0.15, -0.1) is 0 Å². The lowest BCUT2D eigenvalue weighted by atomic mass is 9.63. The van der Waals surface area contributed by atoms with Crippen LogP contribution in [0, 0.1) is 17.8 Å². The van der Waals surface area contributed by atoms with Gasteiger partial charge in [-0.05, 0) is 58.6 Å². The molecule has 0 amide bonds. The van der Waals surface area contributed by atoms with Crippen LogP contribution in [0.5, 0.6) is 0 Å². The molecule has 2 nitrogen and oxygen atoms in total. The molecule has 0 bridgehead atoms. The Kier molecular flexibility index (Phi) is 4.08. The maximum absolute atomic E-state index is 11.7. The molecule has 0 fully saturated rings. The van der Waals surface area contributed by atoms with E-state index >= 15 is 0 Å². The minimum Gasteiger partial charge on any atom is -0.465 e. The smallest absolute Gasteiger partial charge is 0.337 e. The van der Waals surface area contributed by atoms with Crippen LogP contribution >= 0.6 is 0 Å². The van der Waals surface area contributed by atoms with E-state index in [9.17, 15) is 4.79 Å². The predicted molar refractivity (Wildman–Crippen MR) is 91.8 cm³/mol. The van der Waals surface area contributed by atoms with Crippen LogP contribution in [0.25, 0.3) is 5.57 Å². The topological polar surface area (TPSA) is 26.3 Å². The average molecular weight is 298 g/mol. The van der Waals surface area contributed by atoms with Crippen molar-refractivity contribution >= 4 is 11.5 Å². The maximum Gasteiger partial charge on any atom is 0.337 e. The predicted octanol–water partition coefficient (Wildman–Crippen LogP) is 5.18. The van der Waals surface area contributed by atoms with E-state index in [2.05, 4.69) is 40.3 Å². The molecule has 118 valence electrons. The largest absolute Gasteiger partial charge is 0.465 e. The fraction of sp³-hybridized carbons (Fsp3) is 0.450. The molecule has 0 aliphatic heterocycles. The molecule has 0 saturated carbocycles. The van der Waals surface area contributed by atoms with Gasteiger partial charge in [0.15, 0.2) is 0 Å². The molecule has 0 unspecified atom stereocenters. The first-order valence-electron chi connectivity index (χ1n) is 7.69. The first-order chi connectivity index (χ1) is 10.1. The van der Waals surface area contributed by atoms with Crippen LogP contribution in [0.3, 0.4) is 0 Å². The standard InChI is InChI=1S/C20H26O2/c1-13-10-15(18(21)22-7)8-9-16(13)17-11-19(3,4)12-20(5,6)14(17)2/h8-11H,2,12H2,1,3-7H3. The van der Waals surface area contributed by atoms with Crippen molar-refractivity contribution in [2.24, 2.45) is 10.8 Å². The maximum atomic E-state index is 11.7. The Morgan fingerprint density at radius 3 is 2.41 bits per heavy atom. The van der Waals surface area contributed by atoms with E-state index in [1.54, 1.807) is 0 Å². The van der Waals surface area contributed by atoms with Crippen LogP contribution in [0.2, 0.25) is 0 Å². The lowest BCUT2D eigenvalue weighted by Crippen LogP contribution is -2.28.